The average Bonchev–Trinajstić information content (AvgIpc) is 2.72. The van der Waals surface area contributed by atoms with Gasteiger partial charge in [-0.3, -0.25) is 4.79 Å². The Kier molecular flexibility index (Phi) is 7.53. The summed E-state index contributed by atoms with van der Waals surface area (Å²) >= 11 is 1.96. The number of methoxy groups -OCH3 is 2. The Balaban J connectivity index is 2.14. The molecule has 0 aromatic heterocycles. The molecule has 0 radical (unpaired) electrons. The highest BCUT2D eigenvalue weighted by Crippen LogP contribution is 2.21. The number of anilines is 1. The maximum atomic E-state index is 12.2. The van der Waals surface area contributed by atoms with Gasteiger partial charge in [-0.2, -0.15) is 0 Å². The second-order valence-corrected chi connectivity index (χ2v) is 6.77. The topological polar surface area (TPSA) is 128 Å². The molecule has 10 heteroatoms. The molecule has 0 unspecified atom stereocenters. The molecule has 29 heavy (non-hydrogen) atoms. The van der Waals surface area contributed by atoms with Crippen molar-refractivity contribution in [2.45, 2.75) is 0 Å². The predicted molar refractivity (Wildman–Crippen MR) is 109 cm³/mol. The van der Waals surface area contributed by atoms with E-state index in [0.717, 1.165) is 7.11 Å². The molecule has 0 atom stereocenters. The van der Waals surface area contributed by atoms with Crippen LogP contribution in [0, 0.1) is 3.57 Å². The van der Waals surface area contributed by atoms with E-state index in [0.29, 0.717) is 3.57 Å². The summed E-state index contributed by atoms with van der Waals surface area (Å²) in [5, 5.41) is 12.1. The molecule has 0 saturated heterocycles. The lowest BCUT2D eigenvalue weighted by Gasteiger charge is -2.12. The Morgan fingerprint density at radius 1 is 0.931 bits per heavy atom. The lowest BCUT2D eigenvalue weighted by Crippen LogP contribution is -2.22. The van der Waals surface area contributed by atoms with Gasteiger partial charge in [0.25, 0.3) is 5.91 Å². The number of phenolic OH excluding ortho intramolecular Hbond substituents is 1. The third-order valence-electron chi connectivity index (χ3n) is 3.63. The van der Waals surface area contributed by atoms with Gasteiger partial charge in [0.15, 0.2) is 6.61 Å². The van der Waals surface area contributed by atoms with Crippen LogP contribution in [0.4, 0.5) is 5.69 Å². The standard InChI is InChI=1S/C19H16INO8/c1-27-17(24)10-3-5-12(18(25)28-2)14(7-10)21-16(23)9-29-19(26)13-8-11(20)4-6-15(13)22/h3-8,22H,9H2,1-2H3,(H,21,23). The summed E-state index contributed by atoms with van der Waals surface area (Å²) in [6.07, 6.45) is 0. The highest BCUT2D eigenvalue weighted by Gasteiger charge is 2.19. The minimum Gasteiger partial charge on any atom is -0.507 e. The Bertz CT molecular complexity index is 973. The summed E-state index contributed by atoms with van der Waals surface area (Å²) in [6, 6.07) is 8.22. The van der Waals surface area contributed by atoms with Crippen LogP contribution in [0.1, 0.15) is 31.1 Å². The van der Waals surface area contributed by atoms with Crippen molar-refractivity contribution in [3.63, 3.8) is 0 Å². The zero-order valence-electron chi connectivity index (χ0n) is 15.4. The number of hydrogen-bond donors (Lipinski definition) is 2. The molecule has 0 aliphatic rings. The molecule has 0 heterocycles. The van der Waals surface area contributed by atoms with Crippen LogP contribution < -0.4 is 5.32 Å². The van der Waals surface area contributed by atoms with Crippen molar-refractivity contribution in [3.05, 3.63) is 56.7 Å². The van der Waals surface area contributed by atoms with E-state index in [2.05, 4.69) is 14.8 Å². The molecular formula is C19H16INO8. The first-order valence-corrected chi connectivity index (χ1v) is 9.11. The molecule has 0 aliphatic heterocycles. The largest absolute Gasteiger partial charge is 0.507 e. The number of rotatable bonds is 6. The van der Waals surface area contributed by atoms with E-state index >= 15 is 0 Å². The maximum Gasteiger partial charge on any atom is 0.342 e. The number of phenols is 1. The first-order valence-electron chi connectivity index (χ1n) is 8.03. The van der Waals surface area contributed by atoms with E-state index < -0.39 is 30.4 Å². The molecule has 2 aromatic rings. The van der Waals surface area contributed by atoms with Crippen molar-refractivity contribution in [1.82, 2.24) is 0 Å². The normalized spacial score (nSPS) is 10.0. The summed E-state index contributed by atoms with van der Waals surface area (Å²) in [7, 11) is 2.35. The van der Waals surface area contributed by atoms with Crippen molar-refractivity contribution in [1.29, 1.82) is 0 Å². The van der Waals surface area contributed by atoms with Crippen molar-refractivity contribution >= 4 is 52.1 Å². The molecule has 2 rings (SSSR count). The second-order valence-electron chi connectivity index (χ2n) is 5.53. The molecule has 9 nitrogen and oxygen atoms in total. The Morgan fingerprint density at radius 3 is 2.28 bits per heavy atom. The predicted octanol–water partition coefficient (Wildman–Crippen LogP) is 2.37. The van der Waals surface area contributed by atoms with Gasteiger partial charge in [-0.25, -0.2) is 14.4 Å². The number of ether oxygens (including phenoxy) is 3. The zero-order valence-corrected chi connectivity index (χ0v) is 17.5. The molecule has 2 N–H and O–H groups in total. The Labute approximate surface area is 179 Å². The molecule has 1 amide bonds. The molecule has 152 valence electrons. The second kappa shape index (κ2) is 9.87. The Hall–Kier alpha value is -3.15. The van der Waals surface area contributed by atoms with Crippen LogP contribution in [0.3, 0.4) is 0 Å². The van der Waals surface area contributed by atoms with Crippen LogP contribution in [-0.4, -0.2) is 49.7 Å². The van der Waals surface area contributed by atoms with Crippen molar-refractivity contribution in [3.8, 4) is 5.75 Å². The number of carbonyl (C=O) groups excluding carboxylic acids is 4. The van der Waals surface area contributed by atoms with Crippen LogP contribution in [0.15, 0.2) is 36.4 Å². The van der Waals surface area contributed by atoms with Crippen LogP contribution in [0.25, 0.3) is 0 Å². The summed E-state index contributed by atoms with van der Waals surface area (Å²) in [5.41, 5.74) is -0.0168. The van der Waals surface area contributed by atoms with Gasteiger partial charge in [-0.1, -0.05) is 0 Å². The van der Waals surface area contributed by atoms with Gasteiger partial charge < -0.3 is 24.6 Å². The summed E-state index contributed by atoms with van der Waals surface area (Å²) in [4.78, 5) is 47.8. The molecule has 0 bridgehead atoms. The number of esters is 3. The monoisotopic (exact) mass is 513 g/mol. The van der Waals surface area contributed by atoms with Gasteiger partial charge in [-0.05, 0) is 59.0 Å². The van der Waals surface area contributed by atoms with E-state index in [1.54, 1.807) is 6.07 Å². The number of hydrogen-bond acceptors (Lipinski definition) is 8. The van der Waals surface area contributed by atoms with E-state index in [1.165, 1.54) is 37.4 Å². The lowest BCUT2D eigenvalue weighted by atomic mass is 10.1. The molecule has 0 fully saturated rings. The number of amides is 1. The molecule has 0 spiro atoms. The third-order valence-corrected chi connectivity index (χ3v) is 4.30. The van der Waals surface area contributed by atoms with E-state index in [1.807, 2.05) is 22.6 Å². The third kappa shape index (κ3) is 5.67. The van der Waals surface area contributed by atoms with E-state index in [9.17, 15) is 24.3 Å². The van der Waals surface area contributed by atoms with Gasteiger partial charge in [-0.15, -0.1) is 0 Å². The van der Waals surface area contributed by atoms with Crippen LogP contribution in [-0.2, 0) is 19.0 Å². The van der Waals surface area contributed by atoms with Crippen molar-refractivity contribution in [2.75, 3.05) is 26.1 Å². The van der Waals surface area contributed by atoms with Gasteiger partial charge in [0, 0.05) is 3.57 Å². The van der Waals surface area contributed by atoms with Crippen LogP contribution in [0.2, 0.25) is 0 Å². The van der Waals surface area contributed by atoms with Crippen LogP contribution >= 0.6 is 22.6 Å². The average molecular weight is 513 g/mol. The summed E-state index contributed by atoms with van der Waals surface area (Å²) in [6.45, 7) is -0.688. The first-order chi connectivity index (χ1) is 13.8. The number of aromatic hydroxyl groups is 1. The number of halogens is 1. The molecule has 0 aliphatic carbocycles. The van der Waals surface area contributed by atoms with E-state index in [4.69, 9.17) is 4.74 Å². The van der Waals surface area contributed by atoms with Gasteiger partial charge >= 0.3 is 17.9 Å². The van der Waals surface area contributed by atoms with Crippen molar-refractivity contribution in [2.24, 2.45) is 0 Å². The quantitative estimate of drug-likeness (QED) is 0.343. The summed E-state index contributed by atoms with van der Waals surface area (Å²) < 4.78 is 14.9. The van der Waals surface area contributed by atoms with Gasteiger partial charge in [0.1, 0.15) is 11.3 Å². The Morgan fingerprint density at radius 2 is 1.62 bits per heavy atom. The van der Waals surface area contributed by atoms with E-state index in [-0.39, 0.29) is 28.1 Å². The minimum absolute atomic E-state index is 0.00455. The van der Waals surface area contributed by atoms with Crippen LogP contribution in [0.5, 0.6) is 5.75 Å². The lowest BCUT2D eigenvalue weighted by molar-refractivity contribution is -0.119. The zero-order chi connectivity index (χ0) is 21.6. The molecular weight excluding hydrogens is 497 g/mol. The smallest absolute Gasteiger partial charge is 0.342 e. The highest BCUT2D eigenvalue weighted by atomic mass is 127. The maximum absolute atomic E-state index is 12.2. The fourth-order valence-corrected chi connectivity index (χ4v) is 2.74. The number of benzene rings is 2. The number of carbonyl (C=O) groups is 4. The van der Waals surface area contributed by atoms with Gasteiger partial charge in [0.2, 0.25) is 0 Å². The number of nitrogens with one attached hydrogen (secondary N) is 1. The molecule has 2 aromatic carbocycles. The fraction of sp³-hybridized carbons (Fsp3) is 0.158. The SMILES string of the molecule is COC(=O)c1ccc(C(=O)OC)c(NC(=O)COC(=O)c2cc(I)ccc2O)c1. The minimum atomic E-state index is -0.896. The van der Waals surface area contributed by atoms with Crippen molar-refractivity contribution < 1.29 is 38.5 Å². The highest BCUT2D eigenvalue weighted by molar-refractivity contribution is 14.1. The first kappa shape index (κ1) is 22.1. The van der Waals surface area contributed by atoms with Gasteiger partial charge in [0.05, 0.1) is 31.0 Å². The molecule has 0 saturated carbocycles. The summed E-state index contributed by atoms with van der Waals surface area (Å²) in [5.74, 6) is -3.35. The fourth-order valence-electron chi connectivity index (χ4n) is 2.25.